The van der Waals surface area contributed by atoms with Crippen molar-refractivity contribution >= 4 is 39.3 Å². The topological polar surface area (TPSA) is 86.9 Å². The van der Waals surface area contributed by atoms with E-state index in [1.165, 1.54) is 10.7 Å². The zero-order chi connectivity index (χ0) is 12.6. The largest absolute Gasteiger partial charge is 0.381 e. The molecule has 0 bridgehead atoms. The van der Waals surface area contributed by atoms with Gasteiger partial charge in [-0.2, -0.15) is 0 Å². The molecule has 0 unspecified atom stereocenters. The number of primary amides is 1. The summed E-state index contributed by atoms with van der Waals surface area (Å²) in [6.07, 6.45) is 1.64. The van der Waals surface area contributed by atoms with Crippen molar-refractivity contribution in [1.29, 1.82) is 0 Å². The van der Waals surface area contributed by atoms with Gasteiger partial charge in [0.05, 0.1) is 15.7 Å². The molecule has 0 saturated heterocycles. The van der Waals surface area contributed by atoms with Gasteiger partial charge in [-0.15, -0.1) is 5.10 Å². The van der Waals surface area contributed by atoms with Gasteiger partial charge in [-0.3, -0.25) is 4.79 Å². The smallest absolute Gasteiger partial charge is 0.250 e. The van der Waals surface area contributed by atoms with Gasteiger partial charge >= 0.3 is 0 Å². The molecular weight excluding hydrogens is 307 g/mol. The molecule has 0 aliphatic carbocycles. The normalized spacial score (nSPS) is 10.5. The second-order valence-corrected chi connectivity index (χ2v) is 4.62. The zero-order valence-corrected chi connectivity index (χ0v) is 10.9. The highest BCUT2D eigenvalue weighted by Crippen LogP contribution is 2.23. The van der Waals surface area contributed by atoms with E-state index in [1.54, 1.807) is 18.3 Å². The molecule has 5 nitrogen and oxygen atoms in total. The predicted octanol–water partition coefficient (Wildman–Crippen LogP) is 1.97. The van der Waals surface area contributed by atoms with E-state index in [4.69, 9.17) is 23.1 Å². The summed E-state index contributed by atoms with van der Waals surface area (Å²) in [7, 11) is 0. The van der Waals surface area contributed by atoms with Crippen molar-refractivity contribution < 1.29 is 4.79 Å². The maximum Gasteiger partial charge on any atom is 0.250 e. The highest BCUT2D eigenvalue weighted by atomic mass is 79.9. The van der Waals surface area contributed by atoms with Crippen LogP contribution in [0.15, 0.2) is 28.9 Å². The number of carbonyl (C=O) groups excluding carboxylic acids is 1. The van der Waals surface area contributed by atoms with Crippen LogP contribution in [0, 0.1) is 0 Å². The fraction of sp³-hybridized carbons (Fsp3) is 0. The first-order valence-corrected chi connectivity index (χ1v) is 5.76. The molecule has 17 heavy (non-hydrogen) atoms. The summed E-state index contributed by atoms with van der Waals surface area (Å²) in [6.45, 7) is 0. The summed E-state index contributed by atoms with van der Waals surface area (Å²) in [6, 6.07) is 4.79. The molecule has 0 aliphatic rings. The molecule has 0 radical (unpaired) electrons. The third-order valence-electron chi connectivity index (χ3n) is 2.17. The van der Waals surface area contributed by atoms with Crippen LogP contribution in [0.5, 0.6) is 0 Å². The van der Waals surface area contributed by atoms with Crippen molar-refractivity contribution in [2.75, 3.05) is 5.73 Å². The predicted molar refractivity (Wildman–Crippen MR) is 69.2 cm³/mol. The molecule has 1 aromatic carbocycles. The molecule has 0 aliphatic heterocycles. The summed E-state index contributed by atoms with van der Waals surface area (Å²) >= 11 is 9.05. The number of anilines is 1. The Kier molecular flexibility index (Phi) is 3.08. The van der Waals surface area contributed by atoms with Gasteiger partial charge < -0.3 is 11.5 Å². The third-order valence-corrected chi connectivity index (χ3v) is 3.01. The third kappa shape index (κ3) is 2.27. The van der Waals surface area contributed by atoms with Crippen molar-refractivity contribution in [2.24, 2.45) is 5.73 Å². The summed E-state index contributed by atoms with van der Waals surface area (Å²) in [5.41, 5.74) is 11.7. The van der Waals surface area contributed by atoms with E-state index in [0.29, 0.717) is 21.0 Å². The lowest BCUT2D eigenvalue weighted by molar-refractivity contribution is 0.1000. The van der Waals surface area contributed by atoms with Gasteiger partial charge in [0.1, 0.15) is 0 Å². The lowest BCUT2D eigenvalue weighted by Gasteiger charge is -2.06. The van der Waals surface area contributed by atoms with Gasteiger partial charge in [0.15, 0.2) is 5.82 Å². The average Bonchev–Trinajstić information content (AvgIpc) is 2.59. The number of amides is 1. The Bertz CT molecular complexity index is 576. The molecule has 0 atom stereocenters. The van der Waals surface area contributed by atoms with Gasteiger partial charge in [0, 0.05) is 11.2 Å². The number of carbonyl (C=O) groups is 1. The van der Waals surface area contributed by atoms with Gasteiger partial charge in [0.2, 0.25) is 0 Å². The number of aromatic nitrogens is 2. The Balaban J connectivity index is 2.62. The monoisotopic (exact) mass is 314 g/mol. The van der Waals surface area contributed by atoms with Crippen LogP contribution in [-0.2, 0) is 0 Å². The Hall–Kier alpha value is -1.53. The van der Waals surface area contributed by atoms with Crippen LogP contribution >= 0.6 is 27.5 Å². The molecule has 2 rings (SSSR count). The minimum atomic E-state index is -0.576. The lowest BCUT2D eigenvalue weighted by Crippen LogP contribution is -2.15. The van der Waals surface area contributed by atoms with Crippen LogP contribution in [0.4, 0.5) is 5.82 Å². The number of rotatable bonds is 2. The Morgan fingerprint density at radius 2 is 2.18 bits per heavy atom. The van der Waals surface area contributed by atoms with E-state index in [2.05, 4.69) is 21.0 Å². The summed E-state index contributed by atoms with van der Waals surface area (Å²) in [5.74, 6) is -0.247. The number of nitrogen functional groups attached to an aromatic ring is 1. The molecule has 1 amide bonds. The number of nitrogens with two attached hydrogens (primary N) is 2. The van der Waals surface area contributed by atoms with Gasteiger partial charge in [0.25, 0.3) is 5.91 Å². The fourth-order valence-electron chi connectivity index (χ4n) is 1.40. The van der Waals surface area contributed by atoms with E-state index >= 15 is 0 Å². The fourth-order valence-corrected chi connectivity index (χ4v) is 1.84. The van der Waals surface area contributed by atoms with E-state index < -0.39 is 5.91 Å². The molecule has 1 heterocycles. The quantitative estimate of drug-likeness (QED) is 0.888. The summed E-state index contributed by atoms with van der Waals surface area (Å²) in [5, 5.41) is 4.48. The maximum absolute atomic E-state index is 11.3. The number of benzene rings is 1. The second kappa shape index (κ2) is 4.38. The molecule has 88 valence electrons. The standard InChI is InChI=1S/C10H8BrClN4O/c11-7-4-16(15-9(7)13)8-2-1-5(12)3-6(8)10(14)17/h1-4H,(H2,13,15)(H2,14,17). The molecular formula is C10H8BrClN4O. The minimum absolute atomic E-state index is 0.285. The van der Waals surface area contributed by atoms with Gasteiger partial charge in [-0.25, -0.2) is 4.68 Å². The van der Waals surface area contributed by atoms with Crippen molar-refractivity contribution in [3.63, 3.8) is 0 Å². The number of hydrogen-bond acceptors (Lipinski definition) is 3. The van der Waals surface area contributed by atoms with Crippen LogP contribution in [0.1, 0.15) is 10.4 Å². The van der Waals surface area contributed by atoms with E-state index in [-0.39, 0.29) is 5.56 Å². The minimum Gasteiger partial charge on any atom is -0.381 e. The Morgan fingerprint density at radius 3 is 2.71 bits per heavy atom. The van der Waals surface area contributed by atoms with E-state index in [9.17, 15) is 4.79 Å². The molecule has 0 saturated carbocycles. The van der Waals surface area contributed by atoms with Crippen LogP contribution in [-0.4, -0.2) is 15.7 Å². The average molecular weight is 316 g/mol. The highest BCUT2D eigenvalue weighted by molar-refractivity contribution is 9.10. The van der Waals surface area contributed by atoms with Gasteiger partial charge in [-0.1, -0.05) is 11.6 Å². The molecule has 2 aromatic rings. The van der Waals surface area contributed by atoms with Crippen LogP contribution < -0.4 is 11.5 Å². The van der Waals surface area contributed by atoms with Crippen molar-refractivity contribution in [2.45, 2.75) is 0 Å². The summed E-state index contributed by atoms with van der Waals surface area (Å²) in [4.78, 5) is 11.3. The maximum atomic E-state index is 11.3. The SMILES string of the molecule is NC(=O)c1cc(Cl)ccc1-n1cc(Br)c(N)n1. The lowest BCUT2D eigenvalue weighted by atomic mass is 10.1. The van der Waals surface area contributed by atoms with Gasteiger partial charge in [-0.05, 0) is 34.1 Å². The molecule has 0 spiro atoms. The number of hydrogen-bond donors (Lipinski definition) is 2. The van der Waals surface area contributed by atoms with Crippen LogP contribution in [0.2, 0.25) is 5.02 Å². The first kappa shape index (κ1) is 11.9. The Labute approximate surface area is 110 Å². The zero-order valence-electron chi connectivity index (χ0n) is 8.52. The number of halogens is 2. The first-order chi connectivity index (χ1) is 7.99. The number of nitrogens with zero attached hydrogens (tertiary/aromatic N) is 2. The van der Waals surface area contributed by atoms with Crippen LogP contribution in [0.3, 0.4) is 0 Å². The molecule has 7 heteroatoms. The highest BCUT2D eigenvalue weighted by Gasteiger charge is 2.13. The second-order valence-electron chi connectivity index (χ2n) is 3.33. The molecule has 1 aromatic heterocycles. The molecule has 0 fully saturated rings. The van der Waals surface area contributed by atoms with Crippen LogP contribution in [0.25, 0.3) is 5.69 Å². The van der Waals surface area contributed by atoms with Crippen molar-refractivity contribution in [3.05, 3.63) is 39.5 Å². The molecule has 4 N–H and O–H groups in total. The Morgan fingerprint density at radius 1 is 1.47 bits per heavy atom. The van der Waals surface area contributed by atoms with E-state index in [0.717, 1.165) is 0 Å². The summed E-state index contributed by atoms with van der Waals surface area (Å²) < 4.78 is 2.11. The van der Waals surface area contributed by atoms with Crippen molar-refractivity contribution in [1.82, 2.24) is 9.78 Å². The first-order valence-electron chi connectivity index (χ1n) is 4.59. The van der Waals surface area contributed by atoms with E-state index in [1.807, 2.05) is 0 Å². The van der Waals surface area contributed by atoms with Crippen molar-refractivity contribution in [3.8, 4) is 5.69 Å².